The zero-order chi connectivity index (χ0) is 11.7. The molecule has 0 N–H and O–H groups in total. The Bertz CT molecular complexity index is 578. The Kier molecular flexibility index (Phi) is 2.50. The third-order valence-corrected chi connectivity index (χ3v) is 3.14. The van der Waals surface area contributed by atoms with Crippen molar-refractivity contribution in [2.24, 2.45) is 0 Å². The van der Waals surface area contributed by atoms with Crippen LogP contribution in [0.2, 0.25) is 0 Å². The smallest absolute Gasteiger partial charge is 0.173 e. The number of nitriles is 1. The molecule has 0 spiro atoms. The molecule has 0 saturated carbocycles. The van der Waals surface area contributed by atoms with Crippen molar-refractivity contribution < 1.29 is 4.74 Å². The fourth-order valence-electron chi connectivity index (χ4n) is 2.27. The average Bonchev–Trinajstić information content (AvgIpc) is 2.78. The van der Waals surface area contributed by atoms with Crippen molar-refractivity contribution in [2.45, 2.75) is 18.8 Å². The van der Waals surface area contributed by atoms with Gasteiger partial charge < -0.3 is 4.74 Å². The van der Waals surface area contributed by atoms with Gasteiger partial charge in [-0.15, -0.1) is 0 Å². The number of ether oxygens (including phenoxy) is 1. The van der Waals surface area contributed by atoms with Crippen LogP contribution in [0.4, 0.5) is 0 Å². The highest BCUT2D eigenvalue weighted by Crippen LogP contribution is 2.29. The van der Waals surface area contributed by atoms with E-state index in [1.807, 2.05) is 12.3 Å². The number of aromatic nitrogens is 3. The molecule has 17 heavy (non-hydrogen) atoms. The van der Waals surface area contributed by atoms with Crippen LogP contribution in [0.15, 0.2) is 18.5 Å². The van der Waals surface area contributed by atoms with E-state index in [0.717, 1.165) is 31.7 Å². The van der Waals surface area contributed by atoms with E-state index in [2.05, 4.69) is 16.2 Å². The van der Waals surface area contributed by atoms with Gasteiger partial charge in [-0.25, -0.2) is 9.50 Å². The number of nitrogens with zero attached hydrogens (tertiary/aromatic N) is 4. The first kappa shape index (κ1) is 10.2. The molecule has 1 saturated heterocycles. The molecule has 0 bridgehead atoms. The summed E-state index contributed by atoms with van der Waals surface area (Å²) in [5, 5.41) is 13.7. The molecule has 2 aromatic rings. The zero-order valence-electron chi connectivity index (χ0n) is 9.33. The maximum atomic E-state index is 9.26. The van der Waals surface area contributed by atoms with Gasteiger partial charge in [0.05, 0.1) is 5.69 Å². The molecule has 3 rings (SSSR count). The van der Waals surface area contributed by atoms with Gasteiger partial charge in [-0.05, 0) is 18.9 Å². The molecule has 1 aliphatic rings. The second-order valence-corrected chi connectivity index (χ2v) is 4.15. The minimum atomic E-state index is 0.320. The van der Waals surface area contributed by atoms with Crippen LogP contribution in [0.3, 0.4) is 0 Å². The molecule has 5 heteroatoms. The summed E-state index contributed by atoms with van der Waals surface area (Å²) in [4.78, 5) is 4.21. The summed E-state index contributed by atoms with van der Waals surface area (Å²) in [5.41, 5.74) is 2.13. The molecule has 0 radical (unpaired) electrons. The third kappa shape index (κ3) is 1.67. The first-order valence-corrected chi connectivity index (χ1v) is 5.71. The predicted octanol–water partition coefficient (Wildman–Crippen LogP) is 1.49. The molecule has 0 atom stereocenters. The van der Waals surface area contributed by atoms with Crippen LogP contribution >= 0.6 is 0 Å². The minimum Gasteiger partial charge on any atom is -0.381 e. The van der Waals surface area contributed by atoms with Gasteiger partial charge in [0, 0.05) is 31.5 Å². The fourth-order valence-corrected chi connectivity index (χ4v) is 2.27. The van der Waals surface area contributed by atoms with E-state index in [1.54, 1.807) is 10.7 Å². The molecule has 0 unspecified atom stereocenters. The van der Waals surface area contributed by atoms with Crippen LogP contribution in [0.1, 0.15) is 30.0 Å². The summed E-state index contributed by atoms with van der Waals surface area (Å²) in [7, 11) is 0. The van der Waals surface area contributed by atoms with Crippen LogP contribution in [0.5, 0.6) is 0 Å². The summed E-state index contributed by atoms with van der Waals surface area (Å²) < 4.78 is 7.02. The van der Waals surface area contributed by atoms with Crippen molar-refractivity contribution in [1.29, 1.82) is 5.26 Å². The van der Waals surface area contributed by atoms with Crippen LogP contribution in [-0.2, 0) is 4.74 Å². The van der Waals surface area contributed by atoms with Gasteiger partial charge in [0.15, 0.2) is 5.65 Å². The highest BCUT2D eigenvalue weighted by atomic mass is 16.5. The van der Waals surface area contributed by atoms with Gasteiger partial charge in [-0.2, -0.15) is 10.4 Å². The van der Waals surface area contributed by atoms with Gasteiger partial charge in [-0.3, -0.25) is 0 Å². The maximum absolute atomic E-state index is 9.26. The quantitative estimate of drug-likeness (QED) is 0.742. The molecule has 0 amide bonds. The average molecular weight is 228 g/mol. The monoisotopic (exact) mass is 228 g/mol. The van der Waals surface area contributed by atoms with E-state index in [4.69, 9.17) is 4.74 Å². The normalized spacial score (nSPS) is 17.1. The third-order valence-electron chi connectivity index (χ3n) is 3.14. The zero-order valence-corrected chi connectivity index (χ0v) is 9.33. The number of hydrogen-bond donors (Lipinski definition) is 0. The van der Waals surface area contributed by atoms with Crippen LogP contribution in [-0.4, -0.2) is 27.8 Å². The predicted molar refractivity (Wildman–Crippen MR) is 60.5 cm³/mol. The lowest BCUT2D eigenvalue weighted by Gasteiger charge is -2.20. The Labute approximate surface area is 98.6 Å². The molecule has 1 aliphatic heterocycles. The van der Waals surface area contributed by atoms with E-state index in [9.17, 15) is 5.26 Å². The van der Waals surface area contributed by atoms with Crippen molar-refractivity contribution in [1.82, 2.24) is 14.6 Å². The Balaban J connectivity index is 2.12. The van der Waals surface area contributed by atoms with Gasteiger partial charge in [0.2, 0.25) is 0 Å². The number of hydrogen-bond acceptors (Lipinski definition) is 4. The van der Waals surface area contributed by atoms with Crippen molar-refractivity contribution in [2.75, 3.05) is 13.2 Å². The van der Waals surface area contributed by atoms with Gasteiger partial charge in [0.25, 0.3) is 0 Å². The summed E-state index contributed by atoms with van der Waals surface area (Å²) in [6, 6.07) is 4.04. The minimum absolute atomic E-state index is 0.320. The SMILES string of the molecule is N#Cc1c(C2CCOCC2)nn2cccnc12. The van der Waals surface area contributed by atoms with Crippen molar-refractivity contribution in [3.8, 4) is 6.07 Å². The standard InChI is InChI=1S/C12H12N4O/c13-8-10-11(9-2-6-17-7-3-9)15-16-5-1-4-14-12(10)16/h1,4-5,9H,2-3,6-7H2. The topological polar surface area (TPSA) is 63.2 Å². The molecule has 5 nitrogen and oxygen atoms in total. The first-order valence-electron chi connectivity index (χ1n) is 5.71. The highest BCUT2D eigenvalue weighted by molar-refractivity contribution is 5.58. The fraction of sp³-hybridized carbons (Fsp3) is 0.417. The molecule has 1 fully saturated rings. The number of rotatable bonds is 1. The molecule has 0 aliphatic carbocycles. The highest BCUT2D eigenvalue weighted by Gasteiger charge is 2.24. The van der Waals surface area contributed by atoms with E-state index >= 15 is 0 Å². The molecule has 2 aromatic heterocycles. The first-order chi connectivity index (χ1) is 8.40. The van der Waals surface area contributed by atoms with Crippen LogP contribution in [0.25, 0.3) is 5.65 Å². The lowest BCUT2D eigenvalue weighted by Crippen LogP contribution is -2.15. The summed E-state index contributed by atoms with van der Waals surface area (Å²) in [5.74, 6) is 0.320. The molecular formula is C12H12N4O. The second kappa shape index (κ2) is 4.15. The van der Waals surface area contributed by atoms with Crippen LogP contribution in [0, 0.1) is 11.3 Å². The van der Waals surface area contributed by atoms with E-state index in [-0.39, 0.29) is 0 Å². The molecular weight excluding hydrogens is 216 g/mol. The van der Waals surface area contributed by atoms with Crippen molar-refractivity contribution in [3.63, 3.8) is 0 Å². The van der Waals surface area contributed by atoms with Gasteiger partial charge >= 0.3 is 0 Å². The van der Waals surface area contributed by atoms with Crippen LogP contribution < -0.4 is 0 Å². The summed E-state index contributed by atoms with van der Waals surface area (Å²) >= 11 is 0. The number of fused-ring (bicyclic) bond motifs is 1. The summed E-state index contributed by atoms with van der Waals surface area (Å²) in [6.45, 7) is 1.49. The van der Waals surface area contributed by atoms with Crippen molar-refractivity contribution >= 4 is 5.65 Å². The Morgan fingerprint density at radius 2 is 2.24 bits per heavy atom. The second-order valence-electron chi connectivity index (χ2n) is 4.15. The maximum Gasteiger partial charge on any atom is 0.173 e. The Hall–Kier alpha value is -1.93. The Morgan fingerprint density at radius 1 is 1.41 bits per heavy atom. The molecule has 86 valence electrons. The lowest BCUT2D eigenvalue weighted by atomic mass is 9.94. The van der Waals surface area contributed by atoms with Gasteiger partial charge in [0.1, 0.15) is 11.6 Å². The van der Waals surface area contributed by atoms with E-state index in [1.165, 1.54) is 0 Å². The Morgan fingerprint density at radius 3 is 3.00 bits per heavy atom. The largest absolute Gasteiger partial charge is 0.381 e. The lowest BCUT2D eigenvalue weighted by molar-refractivity contribution is 0.0844. The summed E-state index contributed by atoms with van der Waals surface area (Å²) in [6.07, 6.45) is 5.37. The van der Waals surface area contributed by atoms with Gasteiger partial charge in [-0.1, -0.05) is 0 Å². The van der Waals surface area contributed by atoms with E-state index < -0.39 is 0 Å². The van der Waals surface area contributed by atoms with Crippen molar-refractivity contribution in [3.05, 3.63) is 29.7 Å². The molecule has 3 heterocycles. The molecule has 0 aromatic carbocycles. The van der Waals surface area contributed by atoms with E-state index in [0.29, 0.717) is 17.1 Å².